The molecule has 0 amide bonds. The van der Waals surface area contributed by atoms with Crippen molar-refractivity contribution in [3.8, 4) is 5.75 Å². The van der Waals surface area contributed by atoms with E-state index in [-0.39, 0.29) is 11.0 Å². The highest BCUT2D eigenvalue weighted by Gasteiger charge is 2.64. The molecule has 3 heteroatoms. The summed E-state index contributed by atoms with van der Waals surface area (Å²) >= 11 is 3.56. The first-order chi connectivity index (χ1) is 7.07. The van der Waals surface area contributed by atoms with Crippen molar-refractivity contribution in [3.63, 3.8) is 0 Å². The van der Waals surface area contributed by atoms with Gasteiger partial charge in [0.2, 0.25) is 0 Å². The summed E-state index contributed by atoms with van der Waals surface area (Å²) in [6, 6.07) is 5.49. The van der Waals surface area contributed by atoms with Gasteiger partial charge in [-0.3, -0.25) is 0 Å². The van der Waals surface area contributed by atoms with Crippen LogP contribution < -0.4 is 5.73 Å². The van der Waals surface area contributed by atoms with Crippen molar-refractivity contribution in [2.45, 2.75) is 36.6 Å². The van der Waals surface area contributed by atoms with E-state index in [1.807, 2.05) is 12.1 Å². The third-order valence-corrected chi connectivity index (χ3v) is 4.65. The number of benzene rings is 1. The molecule has 0 saturated heterocycles. The molecular weight excluding hydrogens is 254 g/mol. The van der Waals surface area contributed by atoms with Gasteiger partial charge in [-0.1, -0.05) is 15.9 Å². The Morgan fingerprint density at radius 3 is 2.40 bits per heavy atom. The molecule has 0 atom stereocenters. The summed E-state index contributed by atoms with van der Waals surface area (Å²) < 4.78 is 1.08. The molecule has 2 fully saturated rings. The molecule has 2 aliphatic rings. The van der Waals surface area contributed by atoms with Crippen LogP contribution in [0.1, 0.15) is 31.2 Å². The highest BCUT2D eigenvalue weighted by molar-refractivity contribution is 9.10. The number of phenols is 1. The normalized spacial score (nSPS) is 24.9. The van der Waals surface area contributed by atoms with E-state index in [0.717, 1.165) is 30.2 Å². The van der Waals surface area contributed by atoms with E-state index in [4.69, 9.17) is 5.73 Å². The van der Waals surface area contributed by atoms with Gasteiger partial charge in [-0.2, -0.15) is 0 Å². The van der Waals surface area contributed by atoms with Gasteiger partial charge in [0.1, 0.15) is 5.75 Å². The zero-order chi connectivity index (χ0) is 10.7. The monoisotopic (exact) mass is 267 g/mol. The third-order valence-electron chi connectivity index (χ3n) is 3.96. The number of halogens is 1. The molecule has 2 saturated carbocycles. The summed E-state index contributed by atoms with van der Waals surface area (Å²) in [7, 11) is 0. The van der Waals surface area contributed by atoms with Gasteiger partial charge in [0.15, 0.2) is 0 Å². The van der Waals surface area contributed by atoms with Gasteiger partial charge in [-0.05, 0) is 49.4 Å². The van der Waals surface area contributed by atoms with Crippen LogP contribution in [0.25, 0.3) is 0 Å². The standard InChI is InChI=1S/C12H14BrNO/c13-10-2-1-8(15)7-9(10)11(3-4-11)12(14)5-6-12/h1-2,7,15H,3-6,14H2. The van der Waals surface area contributed by atoms with Gasteiger partial charge in [-0.15, -0.1) is 0 Å². The lowest BCUT2D eigenvalue weighted by Crippen LogP contribution is -2.37. The lowest BCUT2D eigenvalue weighted by atomic mass is 9.86. The highest BCUT2D eigenvalue weighted by atomic mass is 79.9. The molecule has 0 radical (unpaired) electrons. The van der Waals surface area contributed by atoms with Crippen LogP contribution in [-0.2, 0) is 5.41 Å². The Bertz CT molecular complexity index is 422. The zero-order valence-electron chi connectivity index (χ0n) is 8.46. The Kier molecular flexibility index (Phi) is 1.79. The summed E-state index contributed by atoms with van der Waals surface area (Å²) in [6.07, 6.45) is 4.56. The fourth-order valence-corrected chi connectivity index (χ4v) is 3.28. The summed E-state index contributed by atoms with van der Waals surface area (Å²) in [5.41, 5.74) is 7.68. The van der Waals surface area contributed by atoms with Crippen molar-refractivity contribution >= 4 is 15.9 Å². The molecule has 0 unspecified atom stereocenters. The zero-order valence-corrected chi connectivity index (χ0v) is 10.0. The average Bonchev–Trinajstić information content (AvgIpc) is 3.05. The van der Waals surface area contributed by atoms with Gasteiger partial charge < -0.3 is 10.8 Å². The number of rotatable bonds is 2. The van der Waals surface area contributed by atoms with Crippen molar-refractivity contribution in [2.75, 3.05) is 0 Å². The Morgan fingerprint density at radius 2 is 1.87 bits per heavy atom. The molecule has 0 aliphatic heterocycles. The Hall–Kier alpha value is -0.540. The van der Waals surface area contributed by atoms with E-state index in [2.05, 4.69) is 15.9 Å². The molecule has 0 spiro atoms. The predicted molar refractivity (Wildman–Crippen MR) is 62.9 cm³/mol. The van der Waals surface area contributed by atoms with Crippen molar-refractivity contribution in [2.24, 2.45) is 5.73 Å². The van der Waals surface area contributed by atoms with Crippen LogP contribution in [0.3, 0.4) is 0 Å². The van der Waals surface area contributed by atoms with E-state index in [0.29, 0.717) is 5.75 Å². The lowest BCUT2D eigenvalue weighted by Gasteiger charge is -2.24. The molecule has 2 aliphatic carbocycles. The summed E-state index contributed by atoms with van der Waals surface area (Å²) in [4.78, 5) is 0. The quantitative estimate of drug-likeness (QED) is 0.866. The Balaban J connectivity index is 2.09. The molecule has 3 rings (SSSR count). The second kappa shape index (κ2) is 2.77. The molecule has 0 bridgehead atoms. The van der Waals surface area contributed by atoms with Gasteiger partial charge in [0.05, 0.1) is 0 Å². The smallest absolute Gasteiger partial charge is 0.115 e. The van der Waals surface area contributed by atoms with Gasteiger partial charge in [0.25, 0.3) is 0 Å². The second-order valence-corrected chi connectivity index (χ2v) is 5.76. The summed E-state index contributed by atoms with van der Waals surface area (Å²) in [5, 5.41) is 9.55. The largest absolute Gasteiger partial charge is 0.508 e. The Labute approximate surface area is 97.6 Å². The Morgan fingerprint density at radius 1 is 1.20 bits per heavy atom. The van der Waals surface area contributed by atoms with E-state index in [9.17, 15) is 5.11 Å². The average molecular weight is 268 g/mol. The van der Waals surface area contributed by atoms with Crippen LogP contribution in [0.2, 0.25) is 0 Å². The maximum Gasteiger partial charge on any atom is 0.115 e. The van der Waals surface area contributed by atoms with Crippen molar-refractivity contribution < 1.29 is 5.11 Å². The molecule has 2 nitrogen and oxygen atoms in total. The minimum Gasteiger partial charge on any atom is -0.508 e. The fourth-order valence-electron chi connectivity index (χ4n) is 2.65. The van der Waals surface area contributed by atoms with E-state index in [1.54, 1.807) is 6.07 Å². The maximum atomic E-state index is 9.55. The molecule has 15 heavy (non-hydrogen) atoms. The fraction of sp³-hybridized carbons (Fsp3) is 0.500. The molecule has 80 valence electrons. The molecule has 1 aromatic rings. The molecule has 1 aromatic carbocycles. The van der Waals surface area contributed by atoms with Gasteiger partial charge in [0, 0.05) is 15.4 Å². The minimum absolute atomic E-state index is 0.00329. The molecule has 0 heterocycles. The van der Waals surface area contributed by atoms with Crippen molar-refractivity contribution in [3.05, 3.63) is 28.2 Å². The summed E-state index contributed by atoms with van der Waals surface area (Å²) in [6.45, 7) is 0. The lowest BCUT2D eigenvalue weighted by molar-refractivity contribution is 0.465. The van der Waals surface area contributed by atoms with E-state index >= 15 is 0 Å². The third kappa shape index (κ3) is 1.26. The number of hydrogen-bond acceptors (Lipinski definition) is 2. The molecule has 3 N–H and O–H groups in total. The van der Waals surface area contributed by atoms with Crippen LogP contribution in [0, 0.1) is 0 Å². The van der Waals surface area contributed by atoms with Crippen LogP contribution in [-0.4, -0.2) is 10.6 Å². The topological polar surface area (TPSA) is 46.2 Å². The first-order valence-corrected chi connectivity index (χ1v) is 6.15. The van der Waals surface area contributed by atoms with E-state index in [1.165, 1.54) is 5.56 Å². The van der Waals surface area contributed by atoms with Crippen LogP contribution in [0.4, 0.5) is 0 Å². The van der Waals surface area contributed by atoms with Crippen molar-refractivity contribution in [1.29, 1.82) is 0 Å². The van der Waals surface area contributed by atoms with Crippen LogP contribution in [0.5, 0.6) is 5.75 Å². The van der Waals surface area contributed by atoms with Crippen LogP contribution >= 0.6 is 15.9 Å². The first kappa shape index (κ1) is 9.67. The van der Waals surface area contributed by atoms with Crippen LogP contribution in [0.15, 0.2) is 22.7 Å². The SMILES string of the molecule is NC1(C2(c3cc(O)ccc3Br)CC2)CC1. The highest BCUT2D eigenvalue weighted by Crippen LogP contribution is 2.64. The summed E-state index contributed by atoms with van der Waals surface area (Å²) in [5.74, 6) is 0.337. The van der Waals surface area contributed by atoms with Gasteiger partial charge in [-0.25, -0.2) is 0 Å². The predicted octanol–water partition coefficient (Wildman–Crippen LogP) is 2.68. The van der Waals surface area contributed by atoms with Gasteiger partial charge >= 0.3 is 0 Å². The van der Waals surface area contributed by atoms with E-state index < -0.39 is 0 Å². The van der Waals surface area contributed by atoms with Crippen molar-refractivity contribution in [1.82, 2.24) is 0 Å². The number of aromatic hydroxyl groups is 1. The first-order valence-electron chi connectivity index (χ1n) is 5.35. The minimum atomic E-state index is 0.00329. The number of phenolic OH excluding ortho intramolecular Hbond substituents is 1. The maximum absolute atomic E-state index is 9.55. The molecule has 0 aromatic heterocycles. The second-order valence-electron chi connectivity index (χ2n) is 4.90. The number of hydrogen-bond donors (Lipinski definition) is 2. The molecular formula is C12H14BrNO. The number of nitrogens with two attached hydrogens (primary N) is 1.